The lowest BCUT2D eigenvalue weighted by molar-refractivity contribution is 0.844. The fraction of sp³-hybridized carbons (Fsp3) is 0.375. The zero-order chi connectivity index (χ0) is 15.2. The number of benzene rings is 1. The third-order valence-electron chi connectivity index (χ3n) is 3.13. The fourth-order valence-corrected chi connectivity index (χ4v) is 2.64. The van der Waals surface area contributed by atoms with Crippen LogP contribution in [0.25, 0.3) is 0 Å². The van der Waals surface area contributed by atoms with Crippen LogP contribution >= 0.6 is 22.6 Å². The van der Waals surface area contributed by atoms with Gasteiger partial charge in [0.1, 0.15) is 18.0 Å². The van der Waals surface area contributed by atoms with Crippen LogP contribution in [0.2, 0.25) is 0 Å². The van der Waals surface area contributed by atoms with Gasteiger partial charge in [0.05, 0.1) is 5.69 Å². The van der Waals surface area contributed by atoms with E-state index in [1.54, 1.807) is 6.33 Å². The summed E-state index contributed by atoms with van der Waals surface area (Å²) in [5.41, 5.74) is 2.20. The van der Waals surface area contributed by atoms with E-state index in [0.29, 0.717) is 5.92 Å². The topological polar surface area (TPSA) is 49.8 Å². The van der Waals surface area contributed by atoms with Gasteiger partial charge in [-0.2, -0.15) is 0 Å². The Morgan fingerprint density at radius 2 is 1.86 bits per heavy atom. The molecule has 1 heterocycles. The number of nitrogens with zero attached hydrogens (tertiary/aromatic N) is 2. The van der Waals surface area contributed by atoms with E-state index < -0.39 is 0 Å². The number of para-hydroxylation sites is 1. The van der Waals surface area contributed by atoms with Crippen LogP contribution in [0.15, 0.2) is 30.6 Å². The molecular formula is C16H21IN4. The Bertz CT molecular complexity index is 599. The van der Waals surface area contributed by atoms with Crippen LogP contribution in [0.5, 0.6) is 0 Å². The second-order valence-electron chi connectivity index (χ2n) is 5.17. The van der Waals surface area contributed by atoms with Gasteiger partial charge in [0.15, 0.2) is 0 Å². The lowest BCUT2D eigenvalue weighted by Crippen LogP contribution is -2.10. The van der Waals surface area contributed by atoms with Crippen molar-refractivity contribution < 1.29 is 0 Å². The minimum atomic E-state index is 0.342. The Morgan fingerprint density at radius 1 is 1.14 bits per heavy atom. The summed E-state index contributed by atoms with van der Waals surface area (Å²) in [7, 11) is 0. The van der Waals surface area contributed by atoms with Crippen molar-refractivity contribution in [2.75, 3.05) is 17.2 Å². The van der Waals surface area contributed by atoms with Gasteiger partial charge in [-0.1, -0.05) is 32.9 Å². The van der Waals surface area contributed by atoms with Crippen LogP contribution in [0.3, 0.4) is 0 Å². The first-order valence-electron chi connectivity index (χ1n) is 7.23. The van der Waals surface area contributed by atoms with Crippen molar-refractivity contribution >= 4 is 39.9 Å². The lowest BCUT2D eigenvalue weighted by atomic mass is 10.0. The summed E-state index contributed by atoms with van der Waals surface area (Å²) < 4.78 is 1.17. The standard InChI is InChI=1S/C16H21IN4/c1-4-9-18-15-14(11(2)3)16(20-10-19-15)21-13-8-6-5-7-12(13)17/h5-8,10-11H,4,9H2,1-3H3,(H2,18,19,20,21). The van der Waals surface area contributed by atoms with Gasteiger partial charge < -0.3 is 10.6 Å². The third kappa shape index (κ3) is 4.06. The van der Waals surface area contributed by atoms with Crippen molar-refractivity contribution in [3.8, 4) is 0 Å². The first kappa shape index (κ1) is 16.0. The molecule has 5 heteroatoms. The molecule has 0 saturated heterocycles. The Hall–Kier alpha value is -1.37. The van der Waals surface area contributed by atoms with Crippen molar-refractivity contribution in [3.63, 3.8) is 0 Å². The summed E-state index contributed by atoms with van der Waals surface area (Å²) in [5.74, 6) is 2.15. The third-order valence-corrected chi connectivity index (χ3v) is 4.07. The second kappa shape index (κ2) is 7.59. The first-order chi connectivity index (χ1) is 10.1. The minimum Gasteiger partial charge on any atom is -0.370 e. The summed E-state index contributed by atoms with van der Waals surface area (Å²) in [5, 5.41) is 6.83. The number of hydrogen-bond acceptors (Lipinski definition) is 4. The van der Waals surface area contributed by atoms with Crippen molar-refractivity contribution in [2.24, 2.45) is 0 Å². The highest BCUT2D eigenvalue weighted by Gasteiger charge is 2.15. The van der Waals surface area contributed by atoms with Gasteiger partial charge in [0.25, 0.3) is 0 Å². The molecule has 112 valence electrons. The number of rotatable bonds is 6. The van der Waals surface area contributed by atoms with Gasteiger partial charge in [-0.25, -0.2) is 9.97 Å². The first-order valence-corrected chi connectivity index (χ1v) is 8.31. The Labute approximate surface area is 139 Å². The number of anilines is 3. The molecule has 0 aliphatic carbocycles. The second-order valence-corrected chi connectivity index (χ2v) is 6.33. The molecular weight excluding hydrogens is 375 g/mol. The molecule has 2 rings (SSSR count). The maximum Gasteiger partial charge on any atom is 0.139 e. The van der Waals surface area contributed by atoms with Crippen molar-refractivity contribution in [2.45, 2.75) is 33.1 Å². The summed E-state index contributed by atoms with van der Waals surface area (Å²) in [6, 6.07) is 8.20. The smallest absolute Gasteiger partial charge is 0.139 e. The fourth-order valence-electron chi connectivity index (χ4n) is 2.12. The van der Waals surface area contributed by atoms with Gasteiger partial charge >= 0.3 is 0 Å². The molecule has 0 radical (unpaired) electrons. The number of hydrogen-bond donors (Lipinski definition) is 2. The molecule has 4 nitrogen and oxygen atoms in total. The molecule has 0 saturated carbocycles. The molecule has 0 aliphatic heterocycles. The number of aromatic nitrogens is 2. The van der Waals surface area contributed by atoms with E-state index >= 15 is 0 Å². The van der Waals surface area contributed by atoms with E-state index in [9.17, 15) is 0 Å². The Morgan fingerprint density at radius 3 is 2.52 bits per heavy atom. The molecule has 0 atom stereocenters. The van der Waals surface area contributed by atoms with Gasteiger partial charge in [0.2, 0.25) is 0 Å². The normalized spacial score (nSPS) is 10.7. The predicted molar refractivity (Wildman–Crippen MR) is 97.3 cm³/mol. The van der Waals surface area contributed by atoms with Gasteiger partial charge in [0, 0.05) is 15.7 Å². The highest BCUT2D eigenvalue weighted by Crippen LogP contribution is 2.31. The average Bonchev–Trinajstić information content (AvgIpc) is 2.47. The SMILES string of the molecule is CCCNc1ncnc(Nc2ccccc2I)c1C(C)C. The van der Waals surface area contributed by atoms with E-state index in [1.165, 1.54) is 3.57 Å². The van der Waals surface area contributed by atoms with Gasteiger partial charge in [-0.3, -0.25) is 0 Å². The zero-order valence-electron chi connectivity index (χ0n) is 12.7. The number of halogens is 1. The van der Waals surface area contributed by atoms with Crippen molar-refractivity contribution in [1.82, 2.24) is 9.97 Å². The van der Waals surface area contributed by atoms with Crippen LogP contribution in [0.4, 0.5) is 17.3 Å². The molecule has 0 fully saturated rings. The minimum absolute atomic E-state index is 0.342. The van der Waals surface area contributed by atoms with Gasteiger partial charge in [-0.15, -0.1) is 0 Å². The van der Waals surface area contributed by atoms with E-state index in [2.05, 4.69) is 76.1 Å². The van der Waals surface area contributed by atoms with Crippen LogP contribution in [-0.4, -0.2) is 16.5 Å². The van der Waals surface area contributed by atoms with Crippen molar-refractivity contribution in [3.05, 3.63) is 39.7 Å². The maximum absolute atomic E-state index is 4.44. The molecule has 2 N–H and O–H groups in total. The highest BCUT2D eigenvalue weighted by atomic mass is 127. The molecule has 0 amide bonds. The molecule has 0 aliphatic rings. The Balaban J connectivity index is 2.36. The summed E-state index contributed by atoms with van der Waals surface area (Å²) in [6.07, 6.45) is 2.68. The average molecular weight is 396 g/mol. The van der Waals surface area contributed by atoms with Crippen LogP contribution in [0.1, 0.15) is 38.7 Å². The molecule has 1 aromatic carbocycles. The van der Waals surface area contributed by atoms with Crippen LogP contribution in [-0.2, 0) is 0 Å². The van der Waals surface area contributed by atoms with Crippen molar-refractivity contribution in [1.29, 1.82) is 0 Å². The largest absolute Gasteiger partial charge is 0.370 e. The van der Waals surface area contributed by atoms with Crippen LogP contribution < -0.4 is 10.6 Å². The molecule has 0 unspecified atom stereocenters. The molecule has 1 aromatic heterocycles. The molecule has 0 bridgehead atoms. The Kier molecular flexibility index (Phi) is 5.78. The maximum atomic E-state index is 4.44. The summed E-state index contributed by atoms with van der Waals surface area (Å²) in [4.78, 5) is 8.84. The highest BCUT2D eigenvalue weighted by molar-refractivity contribution is 14.1. The predicted octanol–water partition coefficient (Wildman–Crippen LogP) is 4.77. The number of nitrogens with one attached hydrogen (secondary N) is 2. The van der Waals surface area contributed by atoms with E-state index in [4.69, 9.17) is 0 Å². The monoisotopic (exact) mass is 396 g/mol. The zero-order valence-corrected chi connectivity index (χ0v) is 14.8. The lowest BCUT2D eigenvalue weighted by Gasteiger charge is -2.18. The summed E-state index contributed by atoms with van der Waals surface area (Å²) >= 11 is 2.33. The van der Waals surface area contributed by atoms with Crippen LogP contribution in [0, 0.1) is 3.57 Å². The summed E-state index contributed by atoms with van der Waals surface area (Å²) in [6.45, 7) is 7.39. The molecule has 21 heavy (non-hydrogen) atoms. The van der Waals surface area contributed by atoms with E-state index in [-0.39, 0.29) is 0 Å². The molecule has 0 spiro atoms. The molecule has 2 aromatic rings. The quantitative estimate of drug-likeness (QED) is 0.691. The van der Waals surface area contributed by atoms with E-state index in [0.717, 1.165) is 35.9 Å². The van der Waals surface area contributed by atoms with Gasteiger partial charge in [-0.05, 0) is 47.1 Å². The van der Waals surface area contributed by atoms with E-state index in [1.807, 2.05) is 12.1 Å².